The highest BCUT2D eigenvalue weighted by molar-refractivity contribution is 9.10. The molecule has 0 radical (unpaired) electrons. The lowest BCUT2D eigenvalue weighted by atomic mass is 10.1. The fraction of sp³-hybridized carbons (Fsp3) is 0.174. The third kappa shape index (κ3) is 4.03. The zero-order chi connectivity index (χ0) is 23.0. The highest BCUT2D eigenvalue weighted by Gasteiger charge is 2.37. The van der Waals surface area contributed by atoms with Gasteiger partial charge in [-0.3, -0.25) is 19.4 Å². The number of aromatic nitrogens is 1. The number of hydrogen-bond donors (Lipinski definition) is 0. The molecule has 32 heavy (non-hydrogen) atoms. The Morgan fingerprint density at radius 1 is 1.03 bits per heavy atom. The minimum Gasteiger partial charge on any atom is -0.490 e. The van der Waals surface area contributed by atoms with Crippen molar-refractivity contribution in [1.29, 1.82) is 0 Å². The lowest BCUT2D eigenvalue weighted by Gasteiger charge is -2.28. The third-order valence-corrected chi connectivity index (χ3v) is 6.05. The summed E-state index contributed by atoms with van der Waals surface area (Å²) in [6.07, 6.45) is 3.39. The number of rotatable bonds is 5. The highest BCUT2D eigenvalue weighted by atomic mass is 79.9. The number of fused-ring (bicyclic) bond motifs is 1. The fourth-order valence-electron chi connectivity index (χ4n) is 3.54. The van der Waals surface area contributed by atoms with Crippen molar-refractivity contribution in [3.63, 3.8) is 0 Å². The normalized spacial score (nSPS) is 14.5. The van der Waals surface area contributed by atoms with E-state index in [-0.39, 0.29) is 5.57 Å². The van der Waals surface area contributed by atoms with Gasteiger partial charge >= 0.3 is 6.03 Å². The van der Waals surface area contributed by atoms with Gasteiger partial charge in [-0.25, -0.2) is 4.79 Å². The van der Waals surface area contributed by atoms with E-state index in [0.717, 1.165) is 25.2 Å². The van der Waals surface area contributed by atoms with Gasteiger partial charge in [0.1, 0.15) is 17.9 Å². The summed E-state index contributed by atoms with van der Waals surface area (Å²) in [7, 11) is 2.71. The molecule has 0 saturated carbocycles. The second kappa shape index (κ2) is 8.80. The number of likely N-dealkylation sites (N-methyl/N-ethyl adjacent to an activating group) is 2. The summed E-state index contributed by atoms with van der Waals surface area (Å²) in [4.78, 5) is 39.1. The molecule has 9 heteroatoms. The summed E-state index contributed by atoms with van der Waals surface area (Å²) in [5.41, 5.74) is 1.53. The zero-order valence-electron chi connectivity index (χ0n) is 17.3. The van der Waals surface area contributed by atoms with Gasteiger partial charge in [-0.1, -0.05) is 39.7 Å². The molecule has 1 aromatic heterocycles. The van der Waals surface area contributed by atoms with E-state index in [0.29, 0.717) is 29.5 Å². The van der Waals surface area contributed by atoms with Gasteiger partial charge in [0.2, 0.25) is 0 Å². The molecule has 0 bridgehead atoms. The lowest BCUT2D eigenvalue weighted by Crippen LogP contribution is -2.52. The Morgan fingerprint density at radius 2 is 1.72 bits per heavy atom. The van der Waals surface area contributed by atoms with Crippen LogP contribution in [0.4, 0.5) is 4.79 Å². The standard InChI is InChI=1S/C23H19BrClN3O4/c1-26-21(29)17(22(30)27(2)23(26)31)11-14-13-28(19-8-7-15(24)12-16(14)19)9-10-32-20-6-4-3-5-18(20)25/h3-8,11-13H,9-10H2,1-2H3. The number of nitrogens with zero attached hydrogens (tertiary/aromatic N) is 3. The van der Waals surface area contributed by atoms with E-state index < -0.39 is 17.8 Å². The number of urea groups is 1. The largest absolute Gasteiger partial charge is 0.490 e. The first kappa shape index (κ1) is 22.1. The van der Waals surface area contributed by atoms with E-state index in [1.165, 1.54) is 20.2 Å². The van der Waals surface area contributed by atoms with Crippen molar-refractivity contribution in [2.75, 3.05) is 20.7 Å². The molecule has 1 aliphatic heterocycles. The molecule has 0 atom stereocenters. The molecule has 7 nitrogen and oxygen atoms in total. The van der Waals surface area contributed by atoms with Gasteiger partial charge in [-0.15, -0.1) is 0 Å². The van der Waals surface area contributed by atoms with Crippen LogP contribution in [0.3, 0.4) is 0 Å². The molecular weight excluding hydrogens is 498 g/mol. The number of para-hydroxylation sites is 1. The van der Waals surface area contributed by atoms with Crippen LogP contribution in [0.25, 0.3) is 17.0 Å². The molecule has 1 aliphatic rings. The van der Waals surface area contributed by atoms with E-state index in [1.54, 1.807) is 12.1 Å². The number of halogens is 2. The van der Waals surface area contributed by atoms with Crippen molar-refractivity contribution in [2.24, 2.45) is 0 Å². The molecule has 1 saturated heterocycles. The van der Waals surface area contributed by atoms with Crippen molar-refractivity contribution in [2.45, 2.75) is 6.54 Å². The van der Waals surface area contributed by atoms with Gasteiger partial charge in [-0.05, 0) is 36.4 Å². The topological polar surface area (TPSA) is 71.8 Å². The Morgan fingerprint density at radius 3 is 2.41 bits per heavy atom. The minimum absolute atomic E-state index is 0.0686. The van der Waals surface area contributed by atoms with E-state index in [1.807, 2.05) is 41.1 Å². The summed E-state index contributed by atoms with van der Waals surface area (Å²) in [6, 6.07) is 12.4. The van der Waals surface area contributed by atoms with Crippen LogP contribution >= 0.6 is 27.5 Å². The predicted molar refractivity (Wildman–Crippen MR) is 125 cm³/mol. The molecule has 2 heterocycles. The number of carbonyl (C=O) groups excluding carboxylic acids is 3. The molecular formula is C23H19BrClN3O4. The molecule has 164 valence electrons. The smallest absolute Gasteiger partial charge is 0.333 e. The lowest BCUT2D eigenvalue weighted by molar-refractivity contribution is -0.134. The molecule has 1 fully saturated rings. The summed E-state index contributed by atoms with van der Waals surface area (Å²) in [6.45, 7) is 0.893. The second-order valence-corrected chi connectivity index (χ2v) is 8.61. The second-order valence-electron chi connectivity index (χ2n) is 7.29. The Kier molecular flexibility index (Phi) is 6.08. The van der Waals surface area contributed by atoms with Crippen molar-refractivity contribution in [3.05, 3.63) is 69.3 Å². The van der Waals surface area contributed by atoms with Crippen molar-refractivity contribution < 1.29 is 19.1 Å². The number of carbonyl (C=O) groups is 3. The SMILES string of the molecule is CN1C(=O)C(=Cc2cn(CCOc3ccccc3Cl)c3ccc(Br)cc23)C(=O)N(C)C1=O. The first-order chi connectivity index (χ1) is 15.3. The zero-order valence-corrected chi connectivity index (χ0v) is 19.7. The van der Waals surface area contributed by atoms with Gasteiger partial charge in [0.25, 0.3) is 11.8 Å². The van der Waals surface area contributed by atoms with Crippen LogP contribution in [0.2, 0.25) is 5.02 Å². The van der Waals surface area contributed by atoms with E-state index in [4.69, 9.17) is 16.3 Å². The molecule has 0 aliphatic carbocycles. The third-order valence-electron chi connectivity index (χ3n) is 5.24. The van der Waals surface area contributed by atoms with Gasteiger partial charge in [0.15, 0.2) is 0 Å². The van der Waals surface area contributed by atoms with Crippen LogP contribution in [-0.4, -0.2) is 52.9 Å². The maximum atomic E-state index is 12.6. The van der Waals surface area contributed by atoms with Gasteiger partial charge in [0, 0.05) is 41.2 Å². The van der Waals surface area contributed by atoms with E-state index in [2.05, 4.69) is 15.9 Å². The highest BCUT2D eigenvalue weighted by Crippen LogP contribution is 2.29. The van der Waals surface area contributed by atoms with Crippen LogP contribution in [0, 0.1) is 0 Å². The van der Waals surface area contributed by atoms with Crippen molar-refractivity contribution >= 4 is 62.4 Å². The van der Waals surface area contributed by atoms with Crippen molar-refractivity contribution in [3.8, 4) is 5.75 Å². The van der Waals surface area contributed by atoms with Gasteiger partial charge in [0.05, 0.1) is 11.6 Å². The Hall–Kier alpha value is -3.10. The van der Waals surface area contributed by atoms with E-state index >= 15 is 0 Å². The van der Waals surface area contributed by atoms with Crippen LogP contribution in [-0.2, 0) is 16.1 Å². The number of imide groups is 2. The molecule has 3 aromatic rings. The summed E-state index contributed by atoms with van der Waals surface area (Å²) in [5, 5.41) is 1.39. The molecule has 4 rings (SSSR count). The number of ether oxygens (including phenoxy) is 1. The number of benzene rings is 2. The molecule has 0 N–H and O–H groups in total. The van der Waals surface area contributed by atoms with Gasteiger partial charge in [-0.2, -0.15) is 0 Å². The monoisotopic (exact) mass is 515 g/mol. The number of hydrogen-bond acceptors (Lipinski definition) is 4. The average Bonchev–Trinajstić information content (AvgIpc) is 3.11. The van der Waals surface area contributed by atoms with Crippen LogP contribution in [0.5, 0.6) is 5.75 Å². The maximum absolute atomic E-state index is 12.6. The Balaban J connectivity index is 1.68. The predicted octanol–water partition coefficient (Wildman–Crippen LogP) is 4.57. The molecule has 4 amide bonds. The van der Waals surface area contributed by atoms with E-state index in [9.17, 15) is 14.4 Å². The van der Waals surface area contributed by atoms with Gasteiger partial charge < -0.3 is 9.30 Å². The first-order valence-electron chi connectivity index (χ1n) is 9.75. The quantitative estimate of drug-likeness (QED) is 0.368. The molecule has 0 spiro atoms. The van der Waals surface area contributed by atoms with Crippen LogP contribution in [0.15, 0.2) is 58.7 Å². The first-order valence-corrected chi connectivity index (χ1v) is 10.9. The summed E-state index contributed by atoms with van der Waals surface area (Å²) < 4.78 is 8.66. The van der Waals surface area contributed by atoms with Crippen LogP contribution < -0.4 is 4.74 Å². The van der Waals surface area contributed by atoms with Crippen LogP contribution in [0.1, 0.15) is 5.56 Å². The minimum atomic E-state index is -0.654. The average molecular weight is 517 g/mol. The van der Waals surface area contributed by atoms with Crippen molar-refractivity contribution in [1.82, 2.24) is 14.4 Å². The number of barbiturate groups is 1. The molecule has 2 aromatic carbocycles. The fourth-order valence-corrected chi connectivity index (χ4v) is 4.09. The molecule has 0 unspecified atom stereocenters. The number of amides is 4. The summed E-state index contributed by atoms with van der Waals surface area (Å²) in [5.74, 6) is -0.656. The Bertz CT molecular complexity index is 1260. The summed E-state index contributed by atoms with van der Waals surface area (Å²) >= 11 is 9.63. The Labute approximate surface area is 197 Å². The maximum Gasteiger partial charge on any atom is 0.333 e.